The van der Waals surface area contributed by atoms with E-state index in [-0.39, 0.29) is 48.3 Å². The molecule has 0 radical (unpaired) electrons. The number of fused-ring (bicyclic) bond motifs is 4. The number of benzene rings is 3. The molecule has 0 fully saturated rings. The summed E-state index contributed by atoms with van der Waals surface area (Å²) < 4.78 is 20.0. The van der Waals surface area contributed by atoms with Crippen molar-refractivity contribution in [2.75, 3.05) is 38.2 Å². The van der Waals surface area contributed by atoms with Crippen molar-refractivity contribution in [1.82, 2.24) is 20.5 Å². The fourth-order valence-corrected chi connectivity index (χ4v) is 6.58. The van der Waals surface area contributed by atoms with Crippen LogP contribution in [0.3, 0.4) is 0 Å². The Hall–Kier alpha value is -5.71. The van der Waals surface area contributed by atoms with E-state index < -0.39 is 23.8 Å². The first-order valence-corrected chi connectivity index (χ1v) is 15.8. The maximum absolute atomic E-state index is 14.2. The first-order valence-electron chi connectivity index (χ1n) is 15.8. The Morgan fingerprint density at radius 3 is 2.31 bits per heavy atom. The minimum absolute atomic E-state index is 0.0534. The lowest BCUT2D eigenvalue weighted by Gasteiger charge is -2.22. The van der Waals surface area contributed by atoms with Crippen LogP contribution in [0.25, 0.3) is 22.8 Å². The Morgan fingerprint density at radius 2 is 1.67 bits per heavy atom. The largest absolute Gasteiger partial charge is 0.448 e. The van der Waals surface area contributed by atoms with Crippen molar-refractivity contribution in [3.8, 4) is 11.1 Å². The number of carbonyl (C=O) groups excluding carboxylic acids is 4. The minimum Gasteiger partial charge on any atom is -0.448 e. The highest BCUT2D eigenvalue weighted by atomic mass is 19.1. The van der Waals surface area contributed by atoms with Gasteiger partial charge in [0.1, 0.15) is 12.4 Å². The van der Waals surface area contributed by atoms with E-state index in [0.29, 0.717) is 29.1 Å². The summed E-state index contributed by atoms with van der Waals surface area (Å²) in [7, 11) is 1.40. The number of aromatic amines is 1. The average molecular weight is 650 g/mol. The number of carbonyl (C=O) groups is 4. The molecule has 11 heteroatoms. The first kappa shape index (κ1) is 32.2. The number of nitrogens with zero attached hydrogens (tertiary/aromatic N) is 2. The minimum atomic E-state index is -0.644. The van der Waals surface area contributed by atoms with E-state index >= 15 is 0 Å². The van der Waals surface area contributed by atoms with E-state index in [1.54, 1.807) is 18.7 Å². The van der Waals surface area contributed by atoms with Gasteiger partial charge in [0.25, 0.3) is 11.8 Å². The fraction of sp³-hybridized carbons (Fsp3) is 0.243. The number of amides is 5. The van der Waals surface area contributed by atoms with E-state index in [0.717, 1.165) is 27.2 Å². The summed E-state index contributed by atoms with van der Waals surface area (Å²) in [5.74, 6) is -1.57. The summed E-state index contributed by atoms with van der Waals surface area (Å²) in [6.45, 7) is 6.35. The van der Waals surface area contributed by atoms with Crippen LogP contribution < -0.4 is 15.5 Å². The molecule has 0 spiro atoms. The number of H-pyrrole nitrogens is 1. The third-order valence-electron chi connectivity index (χ3n) is 8.98. The van der Waals surface area contributed by atoms with Crippen molar-refractivity contribution in [3.63, 3.8) is 0 Å². The van der Waals surface area contributed by atoms with Gasteiger partial charge >= 0.3 is 12.1 Å². The lowest BCUT2D eigenvalue weighted by Crippen LogP contribution is -2.40. The predicted molar refractivity (Wildman–Crippen MR) is 181 cm³/mol. The number of nitrogens with one attached hydrogen (secondary N) is 3. The molecule has 0 saturated carbocycles. The molecule has 0 saturated heterocycles. The van der Waals surface area contributed by atoms with Crippen molar-refractivity contribution in [3.05, 3.63) is 112 Å². The van der Waals surface area contributed by atoms with Gasteiger partial charge in [-0.1, -0.05) is 48.5 Å². The summed E-state index contributed by atoms with van der Waals surface area (Å²) in [5, 5.41) is 5.32. The molecule has 1 aliphatic carbocycles. The highest BCUT2D eigenvalue weighted by molar-refractivity contribution is 6.42. The van der Waals surface area contributed by atoms with Crippen LogP contribution in [0.1, 0.15) is 56.8 Å². The molecule has 48 heavy (non-hydrogen) atoms. The van der Waals surface area contributed by atoms with Gasteiger partial charge in [-0.2, -0.15) is 0 Å². The van der Waals surface area contributed by atoms with Crippen molar-refractivity contribution < 1.29 is 28.3 Å². The van der Waals surface area contributed by atoms with Gasteiger partial charge in [0.2, 0.25) is 0 Å². The Morgan fingerprint density at radius 1 is 1.00 bits per heavy atom. The zero-order valence-electron chi connectivity index (χ0n) is 27.1. The SMILES string of the molecule is CCN(CCNC(=O)c1c(C)[nH]c(/C=C2\C(=O)N(C(=O)NC)c3ccc(F)cc32)c1C)C(=O)OCC1c2ccccc2-c2ccccc21. The number of anilines is 1. The van der Waals surface area contributed by atoms with E-state index in [2.05, 4.69) is 39.9 Å². The van der Waals surface area contributed by atoms with Crippen LogP contribution in [-0.2, 0) is 9.53 Å². The molecule has 0 unspecified atom stereocenters. The highest BCUT2D eigenvalue weighted by Gasteiger charge is 2.37. The van der Waals surface area contributed by atoms with Crippen LogP contribution in [0.5, 0.6) is 0 Å². The zero-order valence-corrected chi connectivity index (χ0v) is 27.1. The molecule has 3 aromatic carbocycles. The quantitative estimate of drug-likeness (QED) is 0.202. The van der Waals surface area contributed by atoms with Crippen LogP contribution in [0.2, 0.25) is 0 Å². The van der Waals surface area contributed by atoms with Crippen molar-refractivity contribution >= 4 is 41.3 Å². The molecule has 2 aliphatic rings. The second-order valence-corrected chi connectivity index (χ2v) is 11.7. The predicted octanol–water partition coefficient (Wildman–Crippen LogP) is 6.00. The standard InChI is InChI=1S/C37H36FN5O5/c1-5-42(37(47)48-20-30-26-12-8-6-10-24(26)25-11-7-9-13-27(25)30)17-16-40-34(44)33-21(2)31(41-22(33)3)19-29-28-18-23(38)14-15-32(28)43(35(29)45)36(46)39-4/h6-15,18-19,30,41H,5,16-17,20H2,1-4H3,(H,39,46)(H,40,44)/b29-19-. The van der Waals surface area contributed by atoms with Crippen LogP contribution >= 0.6 is 0 Å². The number of aryl methyl sites for hydroxylation is 1. The molecular weight excluding hydrogens is 613 g/mol. The van der Waals surface area contributed by atoms with Crippen molar-refractivity contribution in [2.45, 2.75) is 26.7 Å². The monoisotopic (exact) mass is 649 g/mol. The van der Waals surface area contributed by atoms with Crippen LogP contribution in [-0.4, -0.2) is 67.1 Å². The summed E-state index contributed by atoms with van der Waals surface area (Å²) in [6.07, 6.45) is 1.07. The van der Waals surface area contributed by atoms with Crippen LogP contribution in [0, 0.1) is 19.7 Å². The molecule has 4 aromatic rings. The summed E-state index contributed by atoms with van der Waals surface area (Å²) >= 11 is 0. The van der Waals surface area contributed by atoms with E-state index in [4.69, 9.17) is 4.74 Å². The molecule has 2 heterocycles. The summed E-state index contributed by atoms with van der Waals surface area (Å²) in [6, 6.07) is 19.4. The van der Waals surface area contributed by atoms with Gasteiger partial charge in [-0.15, -0.1) is 0 Å². The maximum atomic E-state index is 14.2. The Bertz CT molecular complexity index is 1940. The lowest BCUT2D eigenvalue weighted by atomic mass is 9.98. The van der Waals surface area contributed by atoms with Gasteiger partial charge in [0.05, 0.1) is 16.8 Å². The molecular formula is C37H36FN5O5. The van der Waals surface area contributed by atoms with Crippen molar-refractivity contribution in [2.24, 2.45) is 0 Å². The molecule has 10 nitrogen and oxygen atoms in total. The van der Waals surface area contributed by atoms with E-state index in [9.17, 15) is 23.6 Å². The molecule has 6 rings (SSSR count). The van der Waals surface area contributed by atoms with Crippen LogP contribution in [0.4, 0.5) is 19.7 Å². The number of urea groups is 1. The number of hydrogen-bond donors (Lipinski definition) is 3. The van der Waals surface area contributed by atoms with Crippen LogP contribution in [0.15, 0.2) is 66.7 Å². The van der Waals surface area contributed by atoms with Gasteiger partial charge in [0, 0.05) is 49.6 Å². The second-order valence-electron chi connectivity index (χ2n) is 11.7. The first-order chi connectivity index (χ1) is 23.1. The number of ether oxygens (including phenoxy) is 1. The van der Waals surface area contributed by atoms with E-state index in [1.165, 1.54) is 31.3 Å². The smallest absolute Gasteiger partial charge is 0.409 e. The number of likely N-dealkylation sites (N-methyl/N-ethyl adjacent to an activating group) is 1. The lowest BCUT2D eigenvalue weighted by molar-refractivity contribution is -0.112. The Labute approximate surface area is 277 Å². The molecule has 0 atom stereocenters. The summed E-state index contributed by atoms with van der Waals surface area (Å²) in [5.41, 5.74) is 7.22. The van der Waals surface area contributed by atoms with Gasteiger partial charge < -0.3 is 25.3 Å². The topological polar surface area (TPSA) is 124 Å². The third kappa shape index (κ3) is 5.72. The maximum Gasteiger partial charge on any atom is 0.409 e. The van der Waals surface area contributed by atoms with Gasteiger partial charge in [-0.05, 0) is 72.9 Å². The molecule has 1 aliphatic heterocycles. The van der Waals surface area contributed by atoms with Gasteiger partial charge in [0.15, 0.2) is 0 Å². The molecule has 3 N–H and O–H groups in total. The highest BCUT2D eigenvalue weighted by Crippen LogP contribution is 2.44. The van der Waals surface area contributed by atoms with E-state index in [1.807, 2.05) is 31.2 Å². The second kappa shape index (κ2) is 13.2. The average Bonchev–Trinajstić information content (AvgIpc) is 3.66. The molecule has 1 aromatic heterocycles. The zero-order chi connectivity index (χ0) is 34.1. The van der Waals surface area contributed by atoms with Gasteiger partial charge in [-0.3, -0.25) is 9.59 Å². The van der Waals surface area contributed by atoms with Crippen molar-refractivity contribution in [1.29, 1.82) is 0 Å². The normalized spacial score (nSPS) is 14.1. The third-order valence-corrected chi connectivity index (χ3v) is 8.98. The molecule has 246 valence electrons. The number of imide groups is 1. The molecule has 5 amide bonds. The summed E-state index contributed by atoms with van der Waals surface area (Å²) in [4.78, 5) is 57.8. The number of hydrogen-bond acceptors (Lipinski definition) is 5. The number of aromatic nitrogens is 1. The number of halogens is 1. The Kier molecular flexibility index (Phi) is 8.86. The fourth-order valence-electron chi connectivity index (χ4n) is 6.58. The number of rotatable bonds is 8. The van der Waals surface area contributed by atoms with Gasteiger partial charge in [-0.25, -0.2) is 18.9 Å². The molecule has 0 bridgehead atoms. The Balaban J connectivity index is 1.11.